The zero-order valence-corrected chi connectivity index (χ0v) is 17.1. The molecule has 5 nitrogen and oxygen atoms in total. The Morgan fingerprint density at radius 3 is 2.66 bits per heavy atom. The number of carbonyl (C=O) groups is 1. The third-order valence-corrected chi connectivity index (χ3v) is 5.46. The highest BCUT2D eigenvalue weighted by Crippen LogP contribution is 2.30. The molecule has 6 heteroatoms. The van der Waals surface area contributed by atoms with Gasteiger partial charge in [-0.1, -0.05) is 60.1 Å². The predicted octanol–water partition coefficient (Wildman–Crippen LogP) is 4.89. The molecule has 1 saturated heterocycles. The Labute approximate surface area is 175 Å². The summed E-state index contributed by atoms with van der Waals surface area (Å²) >= 11 is 6.43. The smallest absolute Gasteiger partial charge is 0.223 e. The van der Waals surface area contributed by atoms with Gasteiger partial charge in [-0.05, 0) is 30.0 Å². The lowest BCUT2D eigenvalue weighted by atomic mass is 10.0. The van der Waals surface area contributed by atoms with Gasteiger partial charge in [-0.2, -0.15) is 0 Å². The molecule has 1 aromatic heterocycles. The highest BCUT2D eigenvalue weighted by Gasteiger charge is 2.22. The van der Waals surface area contributed by atoms with Crippen LogP contribution in [0.1, 0.15) is 19.8 Å². The zero-order chi connectivity index (χ0) is 20.2. The van der Waals surface area contributed by atoms with E-state index in [9.17, 15) is 4.79 Å². The maximum atomic E-state index is 11.7. The van der Waals surface area contributed by atoms with Crippen LogP contribution >= 0.6 is 11.6 Å². The third kappa shape index (κ3) is 4.57. The Hall–Kier alpha value is -2.92. The quantitative estimate of drug-likeness (QED) is 0.670. The first-order chi connectivity index (χ1) is 14.1. The summed E-state index contributed by atoms with van der Waals surface area (Å²) in [5.74, 6) is 0.636. The molecule has 3 aromatic rings. The predicted molar refractivity (Wildman–Crippen MR) is 117 cm³/mol. The molecule has 1 atom stereocenters. The van der Waals surface area contributed by atoms with Crippen molar-refractivity contribution in [1.82, 2.24) is 14.9 Å². The molecule has 1 amide bonds. The number of aromatic nitrogens is 2. The van der Waals surface area contributed by atoms with Gasteiger partial charge < -0.3 is 10.2 Å². The van der Waals surface area contributed by atoms with E-state index >= 15 is 0 Å². The lowest BCUT2D eigenvalue weighted by Crippen LogP contribution is -2.44. The van der Waals surface area contributed by atoms with Crippen LogP contribution in [-0.4, -0.2) is 39.9 Å². The number of piperidine rings is 1. The van der Waals surface area contributed by atoms with Crippen LogP contribution in [0.4, 0.5) is 5.95 Å². The first-order valence-corrected chi connectivity index (χ1v) is 10.2. The first-order valence-electron chi connectivity index (χ1n) is 9.80. The molecule has 2 heterocycles. The molecule has 1 aliphatic heterocycles. The van der Waals surface area contributed by atoms with Gasteiger partial charge >= 0.3 is 0 Å². The van der Waals surface area contributed by atoms with E-state index in [1.807, 2.05) is 35.2 Å². The average Bonchev–Trinajstić information content (AvgIpc) is 2.76. The van der Waals surface area contributed by atoms with E-state index in [1.165, 1.54) is 0 Å². The summed E-state index contributed by atoms with van der Waals surface area (Å²) in [6.45, 7) is 3.09. The van der Waals surface area contributed by atoms with Gasteiger partial charge in [0.25, 0.3) is 0 Å². The fourth-order valence-electron chi connectivity index (χ4n) is 3.68. The van der Waals surface area contributed by atoms with Crippen LogP contribution in [0.2, 0.25) is 5.02 Å². The Bertz CT molecular complexity index is 1010. The van der Waals surface area contributed by atoms with E-state index in [4.69, 9.17) is 11.6 Å². The molecule has 2 aromatic carbocycles. The molecule has 29 heavy (non-hydrogen) atoms. The van der Waals surface area contributed by atoms with Crippen molar-refractivity contribution >= 4 is 23.5 Å². The number of nitrogens with one attached hydrogen (secondary N) is 1. The topological polar surface area (TPSA) is 58.1 Å². The molecule has 0 radical (unpaired) electrons. The molecule has 0 saturated carbocycles. The number of rotatable bonds is 4. The van der Waals surface area contributed by atoms with Crippen molar-refractivity contribution < 1.29 is 4.79 Å². The Morgan fingerprint density at radius 2 is 1.86 bits per heavy atom. The van der Waals surface area contributed by atoms with Gasteiger partial charge in [0, 0.05) is 31.6 Å². The van der Waals surface area contributed by atoms with Crippen LogP contribution in [0, 0.1) is 0 Å². The number of hydrogen-bond acceptors (Lipinski definition) is 4. The van der Waals surface area contributed by atoms with Crippen molar-refractivity contribution in [2.45, 2.75) is 25.8 Å². The van der Waals surface area contributed by atoms with E-state index < -0.39 is 0 Å². The van der Waals surface area contributed by atoms with Gasteiger partial charge in [0.2, 0.25) is 11.9 Å². The largest absolute Gasteiger partial charge is 0.350 e. The average molecular weight is 407 g/mol. The highest BCUT2D eigenvalue weighted by molar-refractivity contribution is 6.32. The van der Waals surface area contributed by atoms with Crippen LogP contribution in [0.15, 0.2) is 60.8 Å². The fourth-order valence-corrected chi connectivity index (χ4v) is 3.88. The fraction of sp³-hybridized carbons (Fsp3) is 0.261. The van der Waals surface area contributed by atoms with Gasteiger partial charge in [-0.3, -0.25) is 4.79 Å². The Balaban J connectivity index is 1.58. The SMILES string of the molecule is CC(=O)N1CCCC(Nc2ncc(Cl)c(-c3cccc(-c4ccccc4)c3)n2)C1. The first kappa shape index (κ1) is 19.4. The van der Waals surface area contributed by atoms with Gasteiger partial charge in [0.15, 0.2) is 0 Å². The van der Waals surface area contributed by atoms with Crippen molar-refractivity contribution in [1.29, 1.82) is 0 Å². The number of nitrogens with zero attached hydrogens (tertiary/aromatic N) is 3. The second kappa shape index (κ2) is 8.62. The van der Waals surface area contributed by atoms with Gasteiger partial charge in [0.1, 0.15) is 0 Å². The number of benzene rings is 2. The lowest BCUT2D eigenvalue weighted by molar-refractivity contribution is -0.129. The summed E-state index contributed by atoms with van der Waals surface area (Å²) in [4.78, 5) is 22.6. The molecular weight excluding hydrogens is 384 g/mol. The van der Waals surface area contributed by atoms with Crippen molar-refractivity contribution in [3.8, 4) is 22.4 Å². The number of likely N-dealkylation sites (tertiary alicyclic amines) is 1. The number of carbonyl (C=O) groups excluding carboxylic acids is 1. The number of halogens is 1. The van der Waals surface area contributed by atoms with E-state index in [1.54, 1.807) is 13.1 Å². The van der Waals surface area contributed by atoms with Crippen LogP contribution in [-0.2, 0) is 4.79 Å². The molecule has 0 aliphatic carbocycles. The summed E-state index contributed by atoms with van der Waals surface area (Å²) < 4.78 is 0. The molecule has 1 fully saturated rings. The molecule has 1 N–H and O–H groups in total. The highest BCUT2D eigenvalue weighted by atomic mass is 35.5. The van der Waals surface area contributed by atoms with E-state index in [-0.39, 0.29) is 11.9 Å². The maximum Gasteiger partial charge on any atom is 0.223 e. The maximum absolute atomic E-state index is 11.7. The van der Waals surface area contributed by atoms with E-state index in [0.29, 0.717) is 23.2 Å². The normalized spacial score (nSPS) is 16.5. The molecule has 1 unspecified atom stereocenters. The monoisotopic (exact) mass is 406 g/mol. The summed E-state index contributed by atoms with van der Waals surface area (Å²) in [6, 6.07) is 18.5. The standard InChI is InChI=1S/C23H23ClN4O/c1-16(29)28-12-6-11-20(15-28)26-23-25-14-21(24)22(27-23)19-10-5-9-18(13-19)17-7-3-2-4-8-17/h2-5,7-10,13-14,20H,6,11-12,15H2,1H3,(H,25,26,27). The molecule has 148 valence electrons. The van der Waals surface area contributed by atoms with E-state index in [0.717, 1.165) is 36.1 Å². The van der Waals surface area contributed by atoms with Gasteiger partial charge in [-0.25, -0.2) is 9.97 Å². The van der Waals surface area contributed by atoms with Crippen molar-refractivity contribution in [3.63, 3.8) is 0 Å². The van der Waals surface area contributed by atoms with Crippen LogP contribution in [0.25, 0.3) is 22.4 Å². The minimum Gasteiger partial charge on any atom is -0.350 e. The number of anilines is 1. The van der Waals surface area contributed by atoms with Crippen LogP contribution in [0.5, 0.6) is 0 Å². The minimum absolute atomic E-state index is 0.104. The summed E-state index contributed by atoms with van der Waals surface area (Å²) in [5, 5.41) is 3.88. The molecule has 1 aliphatic rings. The zero-order valence-electron chi connectivity index (χ0n) is 16.3. The summed E-state index contributed by atoms with van der Waals surface area (Å²) in [7, 11) is 0. The molecule has 0 spiro atoms. The molecule has 4 rings (SSSR count). The molecular formula is C23H23ClN4O. The lowest BCUT2D eigenvalue weighted by Gasteiger charge is -2.32. The van der Waals surface area contributed by atoms with Crippen LogP contribution < -0.4 is 5.32 Å². The second-order valence-corrected chi connectivity index (χ2v) is 7.69. The summed E-state index contributed by atoms with van der Waals surface area (Å²) in [6.07, 6.45) is 3.58. The third-order valence-electron chi connectivity index (χ3n) is 5.19. The van der Waals surface area contributed by atoms with Crippen molar-refractivity contribution in [3.05, 3.63) is 65.8 Å². The van der Waals surface area contributed by atoms with E-state index in [2.05, 4.69) is 39.6 Å². The molecule has 0 bridgehead atoms. The minimum atomic E-state index is 0.104. The van der Waals surface area contributed by atoms with Crippen molar-refractivity contribution in [2.24, 2.45) is 0 Å². The number of amides is 1. The van der Waals surface area contributed by atoms with Gasteiger partial charge in [-0.15, -0.1) is 0 Å². The summed E-state index contributed by atoms with van der Waals surface area (Å²) in [5.41, 5.74) is 3.89. The van der Waals surface area contributed by atoms with Crippen molar-refractivity contribution in [2.75, 3.05) is 18.4 Å². The Morgan fingerprint density at radius 1 is 1.10 bits per heavy atom. The Kier molecular flexibility index (Phi) is 5.76. The number of hydrogen-bond donors (Lipinski definition) is 1. The van der Waals surface area contributed by atoms with Crippen LogP contribution in [0.3, 0.4) is 0 Å². The van der Waals surface area contributed by atoms with Gasteiger partial charge in [0.05, 0.1) is 16.9 Å². The second-order valence-electron chi connectivity index (χ2n) is 7.29.